The molecule has 0 fully saturated rings. The van der Waals surface area contributed by atoms with E-state index in [1.54, 1.807) is 6.26 Å². The Morgan fingerprint density at radius 1 is 1.56 bits per heavy atom. The Morgan fingerprint density at radius 3 is 2.78 bits per heavy atom. The third-order valence-electron chi connectivity index (χ3n) is 2.87. The quantitative estimate of drug-likeness (QED) is 0.885. The van der Waals surface area contributed by atoms with Gasteiger partial charge in [-0.05, 0) is 26.3 Å². The van der Waals surface area contributed by atoms with E-state index in [-0.39, 0.29) is 5.25 Å². The first kappa shape index (κ1) is 14.7. The molecule has 1 aromatic heterocycles. The molecule has 0 amide bonds. The van der Waals surface area contributed by atoms with E-state index in [1.807, 2.05) is 26.8 Å². The third-order valence-corrected chi connectivity index (χ3v) is 4.24. The topological polar surface area (TPSA) is 65.8 Å². The highest BCUT2D eigenvalue weighted by Gasteiger charge is 2.09. The number of nitrogens with zero attached hydrogens (tertiary/aromatic N) is 2. The molecule has 5 heteroatoms. The normalized spacial score (nSPS) is 13.7. The fourth-order valence-electron chi connectivity index (χ4n) is 1.69. The van der Waals surface area contributed by atoms with E-state index >= 15 is 0 Å². The summed E-state index contributed by atoms with van der Waals surface area (Å²) in [5.74, 6) is 0. The summed E-state index contributed by atoms with van der Waals surface area (Å²) >= 11 is 0. The van der Waals surface area contributed by atoms with Crippen molar-refractivity contribution in [1.82, 2.24) is 4.98 Å². The van der Waals surface area contributed by atoms with Crippen LogP contribution < -0.4 is 5.32 Å². The van der Waals surface area contributed by atoms with Crippen LogP contribution in [0.15, 0.2) is 6.07 Å². The van der Waals surface area contributed by atoms with Gasteiger partial charge >= 0.3 is 0 Å². The van der Waals surface area contributed by atoms with E-state index in [0.717, 1.165) is 23.5 Å². The Morgan fingerprint density at radius 2 is 2.22 bits per heavy atom. The lowest BCUT2D eigenvalue weighted by Crippen LogP contribution is -2.15. The molecule has 0 aromatic carbocycles. The standard InChI is InChI=1S/C13H19N3OS/c1-9-7-13(12(8-14)11(3)16-9)15-6-5-10(2)18(4)17/h7,10H,5-6H2,1-4H3,(H,15,16). The molecule has 1 aromatic rings. The number of anilines is 1. The van der Waals surface area contributed by atoms with Crippen molar-refractivity contribution in [1.29, 1.82) is 5.26 Å². The molecule has 0 aliphatic rings. The fourth-order valence-corrected chi connectivity index (χ4v) is 2.14. The van der Waals surface area contributed by atoms with Crippen molar-refractivity contribution in [2.45, 2.75) is 32.4 Å². The molecule has 0 spiro atoms. The predicted octanol–water partition coefficient (Wildman–Crippen LogP) is 2.14. The molecule has 1 N–H and O–H groups in total. The number of aromatic nitrogens is 1. The molecule has 98 valence electrons. The van der Waals surface area contributed by atoms with Crippen LogP contribution in [0, 0.1) is 25.2 Å². The molecule has 0 saturated heterocycles. The third kappa shape index (κ3) is 3.81. The summed E-state index contributed by atoms with van der Waals surface area (Å²) in [5.41, 5.74) is 3.04. The first-order chi connectivity index (χ1) is 8.45. The maximum atomic E-state index is 11.2. The minimum atomic E-state index is -0.801. The molecular weight excluding hydrogens is 246 g/mol. The Bertz CT molecular complexity index is 494. The van der Waals surface area contributed by atoms with Gasteiger partial charge in [-0.3, -0.25) is 9.19 Å². The molecule has 1 heterocycles. The summed E-state index contributed by atoms with van der Waals surface area (Å²) in [5, 5.41) is 12.5. The van der Waals surface area contributed by atoms with Gasteiger partial charge in [0.25, 0.3) is 0 Å². The van der Waals surface area contributed by atoms with E-state index in [1.165, 1.54) is 0 Å². The molecule has 0 aliphatic carbocycles. The highest BCUT2D eigenvalue weighted by atomic mass is 32.2. The van der Waals surface area contributed by atoms with E-state index in [4.69, 9.17) is 5.26 Å². The monoisotopic (exact) mass is 265 g/mol. The highest BCUT2D eigenvalue weighted by Crippen LogP contribution is 2.18. The number of rotatable bonds is 5. The van der Waals surface area contributed by atoms with Crippen LogP contribution in [-0.2, 0) is 10.8 Å². The van der Waals surface area contributed by atoms with E-state index in [9.17, 15) is 4.21 Å². The SMILES string of the molecule is Cc1cc(NCCC(C)S(C)=O)c(C#N)c(C)n1. The van der Waals surface area contributed by atoms with Crippen LogP contribution in [0.25, 0.3) is 0 Å². The molecule has 0 saturated carbocycles. The Kier molecular flexibility index (Phi) is 5.29. The van der Waals surface area contributed by atoms with E-state index in [0.29, 0.717) is 12.1 Å². The highest BCUT2D eigenvalue weighted by molar-refractivity contribution is 7.84. The van der Waals surface area contributed by atoms with Crippen molar-refractivity contribution in [2.75, 3.05) is 18.1 Å². The molecule has 2 unspecified atom stereocenters. The van der Waals surface area contributed by atoms with Crippen LogP contribution in [0.2, 0.25) is 0 Å². The van der Waals surface area contributed by atoms with Gasteiger partial charge in [0.15, 0.2) is 0 Å². The predicted molar refractivity (Wildman–Crippen MR) is 75.1 cm³/mol. The van der Waals surface area contributed by atoms with Crippen molar-refractivity contribution in [2.24, 2.45) is 0 Å². The smallest absolute Gasteiger partial charge is 0.103 e. The molecule has 4 nitrogen and oxygen atoms in total. The molecule has 0 aliphatic heterocycles. The number of pyridine rings is 1. The van der Waals surface area contributed by atoms with Crippen LogP contribution >= 0.6 is 0 Å². The molecular formula is C13H19N3OS. The van der Waals surface area contributed by atoms with Crippen molar-refractivity contribution in [3.8, 4) is 6.07 Å². The summed E-state index contributed by atoms with van der Waals surface area (Å²) in [6.45, 7) is 6.41. The largest absolute Gasteiger partial charge is 0.384 e. The second-order valence-corrected chi connectivity index (χ2v) is 6.21. The Hall–Kier alpha value is -1.41. The van der Waals surface area contributed by atoms with Gasteiger partial charge in [-0.15, -0.1) is 0 Å². The van der Waals surface area contributed by atoms with Gasteiger partial charge in [-0.25, -0.2) is 0 Å². The van der Waals surface area contributed by atoms with Crippen LogP contribution in [0.3, 0.4) is 0 Å². The average molecular weight is 265 g/mol. The molecule has 0 radical (unpaired) electrons. The maximum absolute atomic E-state index is 11.2. The zero-order chi connectivity index (χ0) is 13.7. The zero-order valence-electron chi connectivity index (χ0n) is 11.3. The number of nitriles is 1. The molecule has 2 atom stereocenters. The Balaban J connectivity index is 2.73. The molecule has 1 rings (SSSR count). The lowest BCUT2D eigenvalue weighted by Gasteiger charge is -2.12. The maximum Gasteiger partial charge on any atom is 0.103 e. The van der Waals surface area contributed by atoms with Gasteiger partial charge in [0.05, 0.1) is 16.9 Å². The van der Waals surface area contributed by atoms with Crippen molar-refractivity contribution in [3.05, 3.63) is 23.0 Å². The lowest BCUT2D eigenvalue weighted by molar-refractivity contribution is 0.672. The zero-order valence-corrected chi connectivity index (χ0v) is 12.1. The first-order valence-corrected chi connectivity index (χ1v) is 7.52. The second kappa shape index (κ2) is 6.50. The van der Waals surface area contributed by atoms with Crippen LogP contribution in [0.4, 0.5) is 5.69 Å². The van der Waals surface area contributed by atoms with Gasteiger partial charge in [-0.2, -0.15) is 5.26 Å². The van der Waals surface area contributed by atoms with E-state index < -0.39 is 10.8 Å². The van der Waals surface area contributed by atoms with Gasteiger partial charge in [-0.1, -0.05) is 6.92 Å². The Labute approximate surface area is 111 Å². The van der Waals surface area contributed by atoms with E-state index in [2.05, 4.69) is 16.4 Å². The molecule has 18 heavy (non-hydrogen) atoms. The summed E-state index contributed by atoms with van der Waals surface area (Å²) in [4.78, 5) is 4.27. The van der Waals surface area contributed by atoms with Gasteiger partial charge < -0.3 is 5.32 Å². The second-order valence-electron chi connectivity index (χ2n) is 4.41. The van der Waals surface area contributed by atoms with Crippen LogP contribution in [0.5, 0.6) is 0 Å². The van der Waals surface area contributed by atoms with Crippen molar-refractivity contribution in [3.63, 3.8) is 0 Å². The fraction of sp³-hybridized carbons (Fsp3) is 0.538. The summed E-state index contributed by atoms with van der Waals surface area (Å²) in [7, 11) is -0.801. The van der Waals surface area contributed by atoms with Gasteiger partial charge in [0, 0.05) is 34.5 Å². The van der Waals surface area contributed by atoms with Gasteiger partial charge in [0.2, 0.25) is 0 Å². The van der Waals surface area contributed by atoms with Crippen LogP contribution in [-0.4, -0.2) is 27.2 Å². The number of hydrogen-bond acceptors (Lipinski definition) is 4. The number of aryl methyl sites for hydroxylation is 2. The summed E-state index contributed by atoms with van der Waals surface area (Å²) in [6, 6.07) is 4.04. The first-order valence-electron chi connectivity index (χ1n) is 5.90. The lowest BCUT2D eigenvalue weighted by atomic mass is 10.1. The van der Waals surface area contributed by atoms with Crippen molar-refractivity contribution >= 4 is 16.5 Å². The number of nitrogens with one attached hydrogen (secondary N) is 1. The van der Waals surface area contributed by atoms with Crippen LogP contribution in [0.1, 0.15) is 30.3 Å². The summed E-state index contributed by atoms with van der Waals surface area (Å²) in [6.07, 6.45) is 2.53. The average Bonchev–Trinajstić information content (AvgIpc) is 2.28. The minimum Gasteiger partial charge on any atom is -0.384 e. The number of hydrogen-bond donors (Lipinski definition) is 1. The summed E-state index contributed by atoms with van der Waals surface area (Å²) < 4.78 is 11.2. The minimum absolute atomic E-state index is 0.159. The van der Waals surface area contributed by atoms with Crippen molar-refractivity contribution < 1.29 is 4.21 Å². The van der Waals surface area contributed by atoms with Gasteiger partial charge in [0.1, 0.15) is 6.07 Å². The molecule has 0 bridgehead atoms.